The number of hydrogen-bond donors (Lipinski definition) is 0. The molecule has 24 heavy (non-hydrogen) atoms. The summed E-state index contributed by atoms with van der Waals surface area (Å²) in [6.07, 6.45) is 4.06. The van der Waals surface area contributed by atoms with Gasteiger partial charge in [-0.2, -0.15) is 9.61 Å². The van der Waals surface area contributed by atoms with Crippen LogP contribution >= 0.6 is 11.8 Å². The van der Waals surface area contributed by atoms with Gasteiger partial charge in [-0.25, -0.2) is 0 Å². The molecule has 0 bridgehead atoms. The summed E-state index contributed by atoms with van der Waals surface area (Å²) in [5, 5.41) is 13.3. The van der Waals surface area contributed by atoms with Crippen molar-refractivity contribution in [1.82, 2.24) is 24.8 Å². The van der Waals surface area contributed by atoms with Crippen LogP contribution in [0, 0.1) is 0 Å². The predicted molar refractivity (Wildman–Crippen MR) is 90.6 cm³/mol. The summed E-state index contributed by atoms with van der Waals surface area (Å²) in [7, 11) is 0. The highest BCUT2D eigenvalue weighted by Gasteiger charge is 2.20. The van der Waals surface area contributed by atoms with Crippen molar-refractivity contribution in [2.75, 3.05) is 6.61 Å². The third kappa shape index (κ3) is 3.38. The first-order chi connectivity index (χ1) is 11.7. The molecule has 0 fully saturated rings. The molecule has 0 N–H and O–H groups in total. The Labute approximate surface area is 143 Å². The molecule has 0 aromatic carbocycles. The fourth-order valence-corrected chi connectivity index (χ4v) is 3.09. The van der Waals surface area contributed by atoms with Crippen LogP contribution in [0.15, 0.2) is 41.7 Å². The van der Waals surface area contributed by atoms with E-state index in [0.717, 1.165) is 10.6 Å². The Balaban J connectivity index is 1.92. The zero-order valence-electron chi connectivity index (χ0n) is 13.4. The van der Waals surface area contributed by atoms with Gasteiger partial charge in [0.2, 0.25) is 0 Å². The average Bonchev–Trinajstić information content (AvgIpc) is 3.03. The summed E-state index contributed by atoms with van der Waals surface area (Å²) in [6.45, 7) is 4.13. The second kappa shape index (κ2) is 7.39. The molecule has 0 spiro atoms. The molecule has 7 nitrogen and oxygen atoms in total. The quantitative estimate of drug-likeness (QED) is 0.502. The normalized spacial score (nSPS) is 12.2. The summed E-state index contributed by atoms with van der Waals surface area (Å²) in [4.78, 5) is 16.0. The number of ether oxygens (including phenoxy) is 1. The van der Waals surface area contributed by atoms with Gasteiger partial charge in [-0.05, 0) is 37.6 Å². The van der Waals surface area contributed by atoms with Crippen LogP contribution in [0.2, 0.25) is 0 Å². The molecule has 8 heteroatoms. The lowest BCUT2D eigenvalue weighted by atomic mass is 10.2. The van der Waals surface area contributed by atoms with Gasteiger partial charge < -0.3 is 4.74 Å². The Morgan fingerprint density at radius 1 is 1.21 bits per heavy atom. The lowest BCUT2D eigenvalue weighted by molar-refractivity contribution is -0.142. The van der Waals surface area contributed by atoms with Crippen LogP contribution in [0.3, 0.4) is 0 Å². The fraction of sp³-hybridized carbons (Fsp3) is 0.312. The molecule has 1 unspecified atom stereocenters. The highest BCUT2D eigenvalue weighted by atomic mass is 32.2. The minimum atomic E-state index is -0.282. The van der Waals surface area contributed by atoms with E-state index >= 15 is 0 Å². The highest BCUT2D eigenvalue weighted by molar-refractivity contribution is 8.00. The number of thioether (sulfide) groups is 1. The van der Waals surface area contributed by atoms with Crippen molar-refractivity contribution in [3.05, 3.63) is 36.7 Å². The molecule has 1 atom stereocenters. The third-order valence-corrected chi connectivity index (χ3v) is 4.63. The van der Waals surface area contributed by atoms with Crippen LogP contribution in [-0.2, 0) is 9.53 Å². The third-order valence-electron chi connectivity index (χ3n) is 3.36. The van der Waals surface area contributed by atoms with Gasteiger partial charge in [0.1, 0.15) is 10.3 Å². The van der Waals surface area contributed by atoms with Crippen LogP contribution in [0.1, 0.15) is 20.3 Å². The first-order valence-corrected chi connectivity index (χ1v) is 8.57. The molecule has 3 rings (SSSR count). The molecule has 0 radical (unpaired) electrons. The van der Waals surface area contributed by atoms with E-state index in [-0.39, 0.29) is 11.2 Å². The summed E-state index contributed by atoms with van der Waals surface area (Å²) in [5.74, 6) is 0.420. The van der Waals surface area contributed by atoms with Gasteiger partial charge in [-0.3, -0.25) is 9.78 Å². The van der Waals surface area contributed by atoms with Gasteiger partial charge in [0.15, 0.2) is 11.5 Å². The van der Waals surface area contributed by atoms with Crippen LogP contribution in [0.25, 0.3) is 17.0 Å². The lowest BCUT2D eigenvalue weighted by Crippen LogP contribution is -2.19. The molecule has 0 aliphatic heterocycles. The van der Waals surface area contributed by atoms with Crippen molar-refractivity contribution in [2.24, 2.45) is 0 Å². The van der Waals surface area contributed by atoms with E-state index in [1.54, 1.807) is 23.8 Å². The molecule has 3 aromatic heterocycles. The van der Waals surface area contributed by atoms with Crippen molar-refractivity contribution in [1.29, 1.82) is 0 Å². The van der Waals surface area contributed by atoms with E-state index in [4.69, 9.17) is 4.74 Å². The maximum atomic E-state index is 12.0. The van der Waals surface area contributed by atoms with Gasteiger partial charge in [0, 0.05) is 18.0 Å². The highest BCUT2D eigenvalue weighted by Crippen LogP contribution is 2.26. The van der Waals surface area contributed by atoms with Crippen molar-refractivity contribution in [3.63, 3.8) is 0 Å². The zero-order valence-corrected chi connectivity index (χ0v) is 14.2. The Bertz CT molecular complexity index is 837. The van der Waals surface area contributed by atoms with E-state index in [2.05, 4.69) is 20.3 Å². The minimum Gasteiger partial charge on any atom is -0.465 e. The zero-order chi connectivity index (χ0) is 16.9. The van der Waals surface area contributed by atoms with Gasteiger partial charge in [-0.1, -0.05) is 18.7 Å². The molecule has 3 aromatic rings. The number of hydrogen-bond acceptors (Lipinski definition) is 7. The molecule has 3 heterocycles. The largest absolute Gasteiger partial charge is 0.465 e. The number of esters is 1. The van der Waals surface area contributed by atoms with Crippen molar-refractivity contribution < 1.29 is 9.53 Å². The molecule has 0 amide bonds. The lowest BCUT2D eigenvalue weighted by Gasteiger charge is -2.12. The maximum absolute atomic E-state index is 12.0. The van der Waals surface area contributed by atoms with E-state index in [9.17, 15) is 4.79 Å². The predicted octanol–water partition coefficient (Wildman–Crippen LogP) is 2.62. The Morgan fingerprint density at radius 2 is 2.00 bits per heavy atom. The van der Waals surface area contributed by atoms with Crippen LogP contribution in [-0.4, -0.2) is 42.6 Å². The summed E-state index contributed by atoms with van der Waals surface area (Å²) in [6, 6.07) is 7.38. The number of pyridine rings is 1. The topological polar surface area (TPSA) is 82.3 Å². The SMILES string of the molecule is CCOC(=O)C(CC)Sc1ccc2nnc(-c3ccncc3)n2n1. The molecule has 0 aliphatic rings. The molecule has 124 valence electrons. The molecular formula is C16H17N5O2S. The van der Waals surface area contributed by atoms with Gasteiger partial charge in [-0.15, -0.1) is 10.2 Å². The number of fused-ring (bicyclic) bond motifs is 1. The number of nitrogens with zero attached hydrogens (tertiary/aromatic N) is 5. The molecular weight excluding hydrogens is 326 g/mol. The molecule has 0 saturated heterocycles. The Kier molecular flexibility index (Phi) is 5.05. The summed E-state index contributed by atoms with van der Waals surface area (Å²) >= 11 is 1.38. The minimum absolute atomic E-state index is 0.218. The first kappa shape index (κ1) is 16.4. The Hall–Kier alpha value is -2.48. The summed E-state index contributed by atoms with van der Waals surface area (Å²) in [5.41, 5.74) is 1.53. The summed E-state index contributed by atoms with van der Waals surface area (Å²) < 4.78 is 6.78. The standard InChI is InChI=1S/C16H17N5O2S/c1-3-12(16(22)23-4-2)24-14-6-5-13-18-19-15(21(13)20-14)11-7-9-17-10-8-11/h5-10,12H,3-4H2,1-2H3. The van der Waals surface area contributed by atoms with Crippen molar-refractivity contribution >= 4 is 23.4 Å². The second-order valence-electron chi connectivity index (χ2n) is 4.97. The van der Waals surface area contributed by atoms with Crippen molar-refractivity contribution in [3.8, 4) is 11.4 Å². The van der Waals surface area contributed by atoms with Crippen LogP contribution in [0.4, 0.5) is 0 Å². The smallest absolute Gasteiger partial charge is 0.319 e. The number of rotatable bonds is 6. The van der Waals surface area contributed by atoms with Crippen molar-refractivity contribution in [2.45, 2.75) is 30.5 Å². The fourth-order valence-electron chi connectivity index (χ4n) is 2.19. The van der Waals surface area contributed by atoms with Crippen LogP contribution < -0.4 is 0 Å². The monoisotopic (exact) mass is 343 g/mol. The molecule has 0 saturated carbocycles. The van der Waals surface area contributed by atoms with Gasteiger partial charge in [0.05, 0.1) is 6.61 Å². The van der Waals surface area contributed by atoms with E-state index in [1.165, 1.54) is 11.8 Å². The Morgan fingerprint density at radius 3 is 2.71 bits per heavy atom. The maximum Gasteiger partial charge on any atom is 0.319 e. The van der Waals surface area contributed by atoms with Gasteiger partial charge in [0.25, 0.3) is 0 Å². The second-order valence-corrected chi connectivity index (χ2v) is 6.19. The number of carbonyl (C=O) groups excluding carboxylic acids is 1. The van der Waals surface area contributed by atoms with Gasteiger partial charge >= 0.3 is 5.97 Å². The number of aromatic nitrogens is 5. The average molecular weight is 343 g/mol. The van der Waals surface area contributed by atoms with Crippen LogP contribution in [0.5, 0.6) is 0 Å². The first-order valence-electron chi connectivity index (χ1n) is 7.69. The number of carbonyl (C=O) groups is 1. The van der Waals surface area contributed by atoms with E-state index < -0.39 is 0 Å². The molecule has 0 aliphatic carbocycles. The van der Waals surface area contributed by atoms with E-state index in [0.29, 0.717) is 24.5 Å². The van der Waals surface area contributed by atoms with E-state index in [1.807, 2.05) is 31.2 Å².